The second-order valence-corrected chi connectivity index (χ2v) is 6.73. The van der Waals surface area contributed by atoms with E-state index in [-0.39, 0.29) is 4.90 Å². The van der Waals surface area contributed by atoms with E-state index in [1.165, 1.54) is 18.5 Å². The molecule has 0 spiro atoms. The van der Waals surface area contributed by atoms with E-state index in [1.807, 2.05) is 29.0 Å². The SMILES string of the molecule is CC(=O)NS(=O)(=O)c1ccc(Nc2ncnc3ccccc23)cc1. The number of carbonyl (C=O) groups is 1. The van der Waals surface area contributed by atoms with E-state index in [0.717, 1.165) is 17.8 Å². The summed E-state index contributed by atoms with van der Waals surface area (Å²) in [5, 5.41) is 3.99. The third-order valence-corrected chi connectivity index (χ3v) is 4.70. The topological polar surface area (TPSA) is 101 Å². The van der Waals surface area contributed by atoms with Crippen molar-refractivity contribution in [1.82, 2.24) is 14.7 Å². The Morgan fingerprint density at radius 3 is 2.42 bits per heavy atom. The lowest BCUT2D eigenvalue weighted by Gasteiger charge is -2.09. The number of sulfonamides is 1. The van der Waals surface area contributed by atoms with E-state index in [4.69, 9.17) is 0 Å². The third kappa shape index (κ3) is 3.33. The molecule has 1 amide bonds. The molecule has 0 aliphatic heterocycles. The number of fused-ring (bicyclic) bond motifs is 1. The van der Waals surface area contributed by atoms with Gasteiger partial charge in [-0.25, -0.2) is 23.1 Å². The maximum Gasteiger partial charge on any atom is 0.264 e. The van der Waals surface area contributed by atoms with Gasteiger partial charge in [0.05, 0.1) is 10.4 Å². The first kappa shape index (κ1) is 15.9. The summed E-state index contributed by atoms with van der Waals surface area (Å²) in [7, 11) is -3.84. The van der Waals surface area contributed by atoms with Crippen LogP contribution in [0.4, 0.5) is 11.5 Å². The molecule has 24 heavy (non-hydrogen) atoms. The quantitative estimate of drug-likeness (QED) is 0.754. The van der Waals surface area contributed by atoms with Gasteiger partial charge >= 0.3 is 0 Å². The predicted octanol–water partition coefficient (Wildman–Crippen LogP) is 2.20. The number of para-hydroxylation sites is 1. The highest BCUT2D eigenvalue weighted by Crippen LogP contribution is 2.23. The first-order valence-electron chi connectivity index (χ1n) is 7.06. The van der Waals surface area contributed by atoms with Crippen molar-refractivity contribution in [3.63, 3.8) is 0 Å². The second kappa shape index (κ2) is 6.25. The van der Waals surface area contributed by atoms with E-state index in [0.29, 0.717) is 11.5 Å². The molecule has 3 aromatic rings. The third-order valence-electron chi connectivity index (χ3n) is 3.25. The van der Waals surface area contributed by atoms with Gasteiger partial charge in [-0.1, -0.05) is 12.1 Å². The molecule has 7 nitrogen and oxygen atoms in total. The number of benzene rings is 2. The molecule has 0 bridgehead atoms. The number of aromatic nitrogens is 2. The molecule has 3 rings (SSSR count). The summed E-state index contributed by atoms with van der Waals surface area (Å²) >= 11 is 0. The highest BCUT2D eigenvalue weighted by molar-refractivity contribution is 7.90. The van der Waals surface area contributed by atoms with Crippen LogP contribution in [-0.2, 0) is 14.8 Å². The molecule has 0 fully saturated rings. The van der Waals surface area contributed by atoms with Crippen molar-refractivity contribution < 1.29 is 13.2 Å². The van der Waals surface area contributed by atoms with E-state index < -0.39 is 15.9 Å². The Hall–Kier alpha value is -3.00. The van der Waals surface area contributed by atoms with Gasteiger partial charge in [0.15, 0.2) is 0 Å². The zero-order valence-corrected chi connectivity index (χ0v) is 13.5. The van der Waals surface area contributed by atoms with Crippen LogP contribution < -0.4 is 10.0 Å². The van der Waals surface area contributed by atoms with Crippen LogP contribution in [0.1, 0.15) is 6.92 Å². The van der Waals surface area contributed by atoms with Gasteiger partial charge in [-0.3, -0.25) is 4.79 Å². The number of hydrogen-bond acceptors (Lipinski definition) is 6. The van der Waals surface area contributed by atoms with Gasteiger partial charge in [-0.2, -0.15) is 0 Å². The fraction of sp³-hybridized carbons (Fsp3) is 0.0625. The zero-order valence-electron chi connectivity index (χ0n) is 12.7. The molecule has 2 aromatic carbocycles. The number of carbonyl (C=O) groups excluding carboxylic acids is 1. The molecule has 0 aliphatic rings. The van der Waals surface area contributed by atoms with Gasteiger partial charge < -0.3 is 5.32 Å². The number of rotatable bonds is 4. The van der Waals surface area contributed by atoms with Crippen LogP contribution in [0.2, 0.25) is 0 Å². The molecule has 8 heteroatoms. The molecule has 0 saturated heterocycles. The molecule has 122 valence electrons. The molecular weight excluding hydrogens is 328 g/mol. The minimum atomic E-state index is -3.84. The lowest BCUT2D eigenvalue weighted by atomic mass is 10.2. The largest absolute Gasteiger partial charge is 0.340 e. The second-order valence-electron chi connectivity index (χ2n) is 5.05. The van der Waals surface area contributed by atoms with E-state index in [2.05, 4.69) is 15.3 Å². The van der Waals surface area contributed by atoms with Crippen molar-refractivity contribution in [2.45, 2.75) is 11.8 Å². The summed E-state index contributed by atoms with van der Waals surface area (Å²) < 4.78 is 25.7. The number of hydrogen-bond donors (Lipinski definition) is 2. The van der Waals surface area contributed by atoms with Gasteiger partial charge in [-0.05, 0) is 36.4 Å². The predicted molar refractivity (Wildman–Crippen MR) is 90.3 cm³/mol. The Morgan fingerprint density at radius 2 is 1.71 bits per heavy atom. The van der Waals surface area contributed by atoms with E-state index >= 15 is 0 Å². The van der Waals surface area contributed by atoms with Crippen LogP contribution in [-0.4, -0.2) is 24.3 Å². The lowest BCUT2D eigenvalue weighted by molar-refractivity contribution is -0.117. The molecule has 0 aliphatic carbocycles. The Balaban J connectivity index is 1.88. The van der Waals surface area contributed by atoms with Gasteiger partial charge in [0.2, 0.25) is 5.91 Å². The monoisotopic (exact) mass is 342 g/mol. The van der Waals surface area contributed by atoms with E-state index in [1.54, 1.807) is 12.1 Å². The van der Waals surface area contributed by atoms with Gasteiger partial charge in [-0.15, -0.1) is 0 Å². The minimum absolute atomic E-state index is 0.01000. The molecule has 1 heterocycles. The zero-order chi connectivity index (χ0) is 17.2. The highest BCUT2D eigenvalue weighted by Gasteiger charge is 2.15. The minimum Gasteiger partial charge on any atom is -0.340 e. The van der Waals surface area contributed by atoms with Crippen molar-refractivity contribution >= 4 is 38.3 Å². The first-order chi connectivity index (χ1) is 11.5. The van der Waals surface area contributed by atoms with Crippen LogP contribution in [0.15, 0.2) is 59.8 Å². The van der Waals surface area contributed by atoms with Crippen molar-refractivity contribution in [1.29, 1.82) is 0 Å². The Morgan fingerprint density at radius 1 is 1.00 bits per heavy atom. The maximum atomic E-state index is 11.9. The summed E-state index contributed by atoms with van der Waals surface area (Å²) in [6.45, 7) is 1.15. The van der Waals surface area contributed by atoms with E-state index in [9.17, 15) is 13.2 Å². The fourth-order valence-electron chi connectivity index (χ4n) is 2.21. The van der Waals surface area contributed by atoms with Crippen LogP contribution in [0, 0.1) is 0 Å². The summed E-state index contributed by atoms with van der Waals surface area (Å²) in [5.74, 6) is -0.0114. The molecule has 0 unspecified atom stereocenters. The van der Waals surface area contributed by atoms with Crippen LogP contribution in [0.3, 0.4) is 0 Å². The summed E-state index contributed by atoms with van der Waals surface area (Å²) in [5.41, 5.74) is 1.47. The lowest BCUT2D eigenvalue weighted by Crippen LogP contribution is -2.28. The normalized spacial score (nSPS) is 11.2. The fourth-order valence-corrected chi connectivity index (χ4v) is 3.20. The average Bonchev–Trinajstić information content (AvgIpc) is 2.54. The van der Waals surface area contributed by atoms with Gasteiger partial charge in [0, 0.05) is 18.0 Å². The standard InChI is InChI=1S/C16H14N4O3S/c1-11(21)20-24(22,23)13-8-6-12(7-9-13)19-16-14-4-2-3-5-15(14)17-10-18-16/h2-10H,1H3,(H,20,21)(H,17,18,19). The van der Waals surface area contributed by atoms with Crippen molar-refractivity contribution in [2.24, 2.45) is 0 Å². The Kier molecular flexibility index (Phi) is 4.13. The van der Waals surface area contributed by atoms with Crippen molar-refractivity contribution in [3.05, 3.63) is 54.9 Å². The van der Waals surface area contributed by atoms with Gasteiger partial charge in [0.25, 0.3) is 10.0 Å². The summed E-state index contributed by atoms with van der Waals surface area (Å²) in [6.07, 6.45) is 1.46. The summed E-state index contributed by atoms with van der Waals surface area (Å²) in [6, 6.07) is 13.6. The number of amides is 1. The molecule has 0 radical (unpaired) electrons. The smallest absolute Gasteiger partial charge is 0.264 e. The first-order valence-corrected chi connectivity index (χ1v) is 8.54. The average molecular weight is 342 g/mol. The Bertz CT molecular complexity index is 996. The molecule has 2 N–H and O–H groups in total. The van der Waals surface area contributed by atoms with Crippen LogP contribution >= 0.6 is 0 Å². The number of nitrogens with one attached hydrogen (secondary N) is 2. The maximum absolute atomic E-state index is 11.9. The van der Waals surface area contributed by atoms with Crippen LogP contribution in [0.25, 0.3) is 10.9 Å². The van der Waals surface area contributed by atoms with Gasteiger partial charge in [0.1, 0.15) is 12.1 Å². The number of nitrogens with zero attached hydrogens (tertiary/aromatic N) is 2. The number of anilines is 2. The van der Waals surface area contributed by atoms with Crippen molar-refractivity contribution in [3.8, 4) is 0 Å². The van der Waals surface area contributed by atoms with Crippen LogP contribution in [0.5, 0.6) is 0 Å². The molecule has 0 saturated carbocycles. The molecule has 1 aromatic heterocycles. The molecular formula is C16H14N4O3S. The summed E-state index contributed by atoms with van der Waals surface area (Å²) in [4.78, 5) is 19.4. The highest BCUT2D eigenvalue weighted by atomic mass is 32.2. The van der Waals surface area contributed by atoms with Crippen molar-refractivity contribution in [2.75, 3.05) is 5.32 Å². The molecule has 0 atom stereocenters. The Labute approximate surface area is 138 Å².